The van der Waals surface area contributed by atoms with Crippen molar-refractivity contribution >= 4 is 11.3 Å². The molecule has 0 atom stereocenters. The van der Waals surface area contributed by atoms with E-state index >= 15 is 0 Å². The van der Waals surface area contributed by atoms with Gasteiger partial charge in [0.15, 0.2) is 23.3 Å². The first kappa shape index (κ1) is 18.1. The number of nitrogens with zero attached hydrogens (tertiary/aromatic N) is 1. The molecule has 1 aromatic carbocycles. The Morgan fingerprint density at radius 1 is 0.846 bits per heavy atom. The van der Waals surface area contributed by atoms with Gasteiger partial charge in [0.25, 0.3) is 0 Å². The molecular formula is C19H15F5N2. The number of aromatic nitrogens is 1. The fraction of sp³-hybridized carbons (Fsp3) is 0.211. The minimum Gasteiger partial charge on any atom is -0.358 e. The summed E-state index contributed by atoms with van der Waals surface area (Å²) in [6.45, 7) is 6.74. The van der Waals surface area contributed by atoms with Gasteiger partial charge in [-0.15, -0.1) is 0 Å². The van der Waals surface area contributed by atoms with Crippen LogP contribution < -0.4 is 0 Å². The Morgan fingerprint density at radius 3 is 1.81 bits per heavy atom. The number of aromatic amines is 1. The summed E-state index contributed by atoms with van der Waals surface area (Å²) in [7, 11) is 0. The number of hydrogen-bond donors (Lipinski definition) is 1. The number of allylic oxidation sites excluding steroid dienone is 2. The molecule has 2 aromatic rings. The minimum absolute atomic E-state index is 0.158. The van der Waals surface area contributed by atoms with Crippen molar-refractivity contribution in [3.05, 3.63) is 75.0 Å². The van der Waals surface area contributed by atoms with Crippen LogP contribution in [0.25, 0.3) is 5.57 Å². The molecule has 0 bridgehead atoms. The third-order valence-corrected chi connectivity index (χ3v) is 4.18. The topological polar surface area (TPSA) is 28.1 Å². The van der Waals surface area contributed by atoms with Gasteiger partial charge in [-0.1, -0.05) is 0 Å². The zero-order chi connectivity index (χ0) is 19.3. The summed E-state index contributed by atoms with van der Waals surface area (Å²) < 4.78 is 70.1. The second-order valence-electron chi connectivity index (χ2n) is 6.26. The van der Waals surface area contributed by atoms with Crippen LogP contribution in [-0.4, -0.2) is 10.7 Å². The van der Waals surface area contributed by atoms with Crippen LogP contribution in [0.2, 0.25) is 0 Å². The molecular weight excluding hydrogens is 351 g/mol. The first-order valence-corrected chi connectivity index (χ1v) is 7.80. The van der Waals surface area contributed by atoms with Crippen LogP contribution in [0.4, 0.5) is 22.0 Å². The Bertz CT molecular complexity index is 996. The van der Waals surface area contributed by atoms with Crippen LogP contribution in [0, 0.1) is 42.9 Å². The molecule has 0 saturated heterocycles. The molecule has 3 rings (SSSR count). The second-order valence-corrected chi connectivity index (χ2v) is 6.26. The standard InChI is InChI=1S/C19H15F5N2/c1-7-5-9(3)25-18(7)12(19-8(2)6-10(4)26-19)11-13(20)15(22)17(24)16(23)14(11)21/h5-6,25H,1-4H3/b19-12-. The van der Waals surface area contributed by atoms with Crippen LogP contribution in [0.15, 0.2) is 28.4 Å². The Morgan fingerprint density at radius 2 is 1.38 bits per heavy atom. The fourth-order valence-electron chi connectivity index (χ4n) is 3.11. The number of benzene rings is 1. The van der Waals surface area contributed by atoms with Gasteiger partial charge >= 0.3 is 0 Å². The van der Waals surface area contributed by atoms with Gasteiger partial charge in [-0.2, -0.15) is 0 Å². The molecule has 1 aromatic heterocycles. The predicted octanol–water partition coefficient (Wildman–Crippen LogP) is 5.51. The maximum atomic E-state index is 14.5. The van der Waals surface area contributed by atoms with Crippen molar-refractivity contribution in [3.8, 4) is 0 Å². The van der Waals surface area contributed by atoms with Crippen molar-refractivity contribution < 1.29 is 22.0 Å². The van der Waals surface area contributed by atoms with Gasteiger partial charge in [0.1, 0.15) is 0 Å². The highest BCUT2D eigenvalue weighted by Crippen LogP contribution is 2.39. The van der Waals surface area contributed by atoms with Crippen molar-refractivity contribution in [2.45, 2.75) is 27.7 Å². The van der Waals surface area contributed by atoms with Gasteiger partial charge in [0.2, 0.25) is 5.82 Å². The Balaban J connectivity index is 2.49. The lowest BCUT2D eigenvalue weighted by Gasteiger charge is -2.15. The van der Waals surface area contributed by atoms with Crippen LogP contribution >= 0.6 is 0 Å². The van der Waals surface area contributed by atoms with Crippen molar-refractivity contribution in [2.24, 2.45) is 4.99 Å². The van der Waals surface area contributed by atoms with E-state index in [0.717, 1.165) is 0 Å². The third-order valence-electron chi connectivity index (χ3n) is 4.18. The number of aliphatic imine (C=N–C) groups is 1. The summed E-state index contributed by atoms with van der Waals surface area (Å²) in [6.07, 6.45) is 1.67. The monoisotopic (exact) mass is 366 g/mol. The average Bonchev–Trinajstić information content (AvgIpc) is 3.08. The zero-order valence-corrected chi connectivity index (χ0v) is 14.5. The van der Waals surface area contributed by atoms with Crippen LogP contribution in [0.1, 0.15) is 36.4 Å². The Kier molecular flexibility index (Phi) is 4.34. The van der Waals surface area contributed by atoms with E-state index in [-0.39, 0.29) is 17.0 Å². The number of halogens is 5. The SMILES string of the molecule is CC1=CC(C)=N/C1=C(\c1[nH]c(C)cc1C)c1c(F)c(F)c(F)c(F)c1F. The van der Waals surface area contributed by atoms with Gasteiger partial charge < -0.3 is 4.98 Å². The van der Waals surface area contributed by atoms with Crippen molar-refractivity contribution in [1.82, 2.24) is 4.98 Å². The maximum absolute atomic E-state index is 14.5. The largest absolute Gasteiger partial charge is 0.358 e. The van der Waals surface area contributed by atoms with Gasteiger partial charge in [0.05, 0.1) is 17.0 Å². The number of aryl methyl sites for hydroxylation is 2. The first-order valence-electron chi connectivity index (χ1n) is 7.80. The number of H-pyrrole nitrogens is 1. The van der Waals surface area contributed by atoms with Crippen LogP contribution in [0.5, 0.6) is 0 Å². The molecule has 0 amide bonds. The lowest BCUT2D eigenvalue weighted by molar-refractivity contribution is 0.376. The minimum atomic E-state index is -2.19. The van der Waals surface area contributed by atoms with E-state index < -0.39 is 34.6 Å². The van der Waals surface area contributed by atoms with Gasteiger partial charge in [0, 0.05) is 17.0 Å². The molecule has 7 heteroatoms. The molecule has 2 nitrogen and oxygen atoms in total. The Hall–Kier alpha value is -2.70. The summed E-state index contributed by atoms with van der Waals surface area (Å²) in [5.74, 6) is -9.94. The van der Waals surface area contributed by atoms with E-state index in [4.69, 9.17) is 0 Å². The quantitative estimate of drug-likeness (QED) is 0.413. The zero-order valence-electron chi connectivity index (χ0n) is 14.5. The summed E-state index contributed by atoms with van der Waals surface area (Å²) in [5, 5.41) is 0. The molecule has 2 heterocycles. The molecule has 0 saturated carbocycles. The lowest BCUT2D eigenvalue weighted by atomic mass is 9.94. The van der Waals surface area contributed by atoms with E-state index in [0.29, 0.717) is 22.5 Å². The molecule has 0 fully saturated rings. The summed E-state index contributed by atoms with van der Waals surface area (Å²) in [4.78, 5) is 7.19. The number of rotatable bonds is 2. The number of hydrogen-bond acceptors (Lipinski definition) is 1. The van der Waals surface area contributed by atoms with Crippen molar-refractivity contribution in [3.63, 3.8) is 0 Å². The first-order chi connectivity index (χ1) is 12.1. The van der Waals surface area contributed by atoms with Gasteiger partial charge in [-0.3, -0.25) is 4.99 Å². The van der Waals surface area contributed by atoms with Gasteiger partial charge in [-0.25, -0.2) is 22.0 Å². The fourth-order valence-corrected chi connectivity index (χ4v) is 3.11. The Labute approximate surface area is 146 Å². The third kappa shape index (κ3) is 2.67. The van der Waals surface area contributed by atoms with E-state index in [1.165, 1.54) is 0 Å². The summed E-state index contributed by atoms with van der Waals surface area (Å²) >= 11 is 0. The molecule has 136 valence electrons. The molecule has 26 heavy (non-hydrogen) atoms. The van der Waals surface area contributed by atoms with Crippen molar-refractivity contribution in [1.29, 1.82) is 0 Å². The lowest BCUT2D eigenvalue weighted by Crippen LogP contribution is -2.09. The maximum Gasteiger partial charge on any atom is 0.200 e. The highest BCUT2D eigenvalue weighted by atomic mass is 19.2. The average molecular weight is 366 g/mol. The normalized spacial score (nSPS) is 16.0. The number of nitrogens with one attached hydrogen (secondary N) is 1. The van der Waals surface area contributed by atoms with E-state index in [9.17, 15) is 22.0 Å². The molecule has 1 aliphatic rings. The van der Waals surface area contributed by atoms with Crippen molar-refractivity contribution in [2.75, 3.05) is 0 Å². The predicted molar refractivity (Wildman–Crippen MR) is 89.4 cm³/mol. The molecule has 0 unspecified atom stereocenters. The molecule has 1 N–H and O–H groups in total. The van der Waals surface area contributed by atoms with E-state index in [1.807, 2.05) is 0 Å². The van der Waals surface area contributed by atoms with Gasteiger partial charge in [-0.05, 0) is 51.0 Å². The second kappa shape index (κ2) is 6.23. The van der Waals surface area contributed by atoms with E-state index in [2.05, 4.69) is 9.98 Å². The van der Waals surface area contributed by atoms with E-state index in [1.54, 1.807) is 39.8 Å². The molecule has 0 radical (unpaired) electrons. The summed E-state index contributed by atoms with van der Waals surface area (Å²) in [6, 6.07) is 1.71. The smallest absolute Gasteiger partial charge is 0.200 e. The molecule has 0 aliphatic carbocycles. The van der Waals surface area contributed by atoms with Crippen LogP contribution in [0.3, 0.4) is 0 Å². The highest BCUT2D eigenvalue weighted by Gasteiger charge is 2.32. The highest BCUT2D eigenvalue weighted by molar-refractivity contribution is 6.01. The molecule has 1 aliphatic heterocycles. The molecule has 0 spiro atoms. The summed E-state index contributed by atoms with van der Waals surface area (Å²) in [5.41, 5.74) is 1.68. The van der Waals surface area contributed by atoms with Crippen LogP contribution in [-0.2, 0) is 0 Å².